The van der Waals surface area contributed by atoms with Crippen molar-refractivity contribution in [3.05, 3.63) is 71.8 Å². The lowest BCUT2D eigenvalue weighted by Gasteiger charge is -2.15. The summed E-state index contributed by atoms with van der Waals surface area (Å²) in [5.41, 5.74) is 3.05. The SMILES string of the molecule is c1ccc(C[C@@H]2CC[SH](Cc3ccccc3)C2)cc1. The van der Waals surface area contributed by atoms with Crippen LogP contribution < -0.4 is 0 Å². The van der Waals surface area contributed by atoms with E-state index in [9.17, 15) is 0 Å². The fourth-order valence-electron chi connectivity index (χ4n) is 3.01. The zero-order chi connectivity index (χ0) is 12.9. The fourth-order valence-corrected chi connectivity index (χ4v) is 5.98. The Bertz CT molecular complexity index is 444. The first-order valence-corrected chi connectivity index (χ1v) is 9.10. The normalized spacial score (nSPS) is 24.4. The fraction of sp³-hybridized carbons (Fsp3) is 0.333. The van der Waals surface area contributed by atoms with E-state index in [1.165, 1.54) is 41.2 Å². The van der Waals surface area contributed by atoms with Crippen molar-refractivity contribution in [3.8, 4) is 0 Å². The van der Waals surface area contributed by atoms with Crippen LogP contribution in [0.4, 0.5) is 0 Å². The molecule has 0 saturated carbocycles. The van der Waals surface area contributed by atoms with Crippen LogP contribution in [-0.4, -0.2) is 11.5 Å². The van der Waals surface area contributed by atoms with Gasteiger partial charge in [-0.25, -0.2) is 10.9 Å². The Balaban J connectivity index is 1.53. The summed E-state index contributed by atoms with van der Waals surface area (Å²) in [6.45, 7) is 0. The van der Waals surface area contributed by atoms with Gasteiger partial charge >= 0.3 is 0 Å². The average molecular weight is 270 g/mol. The molecule has 2 aromatic rings. The van der Waals surface area contributed by atoms with Gasteiger partial charge < -0.3 is 0 Å². The minimum Gasteiger partial charge on any atom is -0.249 e. The summed E-state index contributed by atoms with van der Waals surface area (Å²) in [5.74, 6) is 5.21. The molecule has 0 spiro atoms. The van der Waals surface area contributed by atoms with E-state index in [-0.39, 0.29) is 10.9 Å². The van der Waals surface area contributed by atoms with Crippen molar-refractivity contribution < 1.29 is 0 Å². The van der Waals surface area contributed by atoms with Crippen LogP contribution in [0.1, 0.15) is 17.5 Å². The highest BCUT2D eigenvalue weighted by molar-refractivity contribution is 8.16. The molecular weight excluding hydrogens is 248 g/mol. The molecule has 0 aliphatic carbocycles. The maximum absolute atomic E-state index is 2.28. The van der Waals surface area contributed by atoms with Crippen LogP contribution in [0.5, 0.6) is 0 Å². The molecule has 100 valence electrons. The van der Waals surface area contributed by atoms with Gasteiger partial charge in [0, 0.05) is 5.75 Å². The zero-order valence-corrected chi connectivity index (χ0v) is 12.2. The maximum Gasteiger partial charge on any atom is 0.0000602 e. The summed E-state index contributed by atoms with van der Waals surface area (Å²) in [6.07, 6.45) is 2.72. The van der Waals surface area contributed by atoms with Gasteiger partial charge in [0.2, 0.25) is 0 Å². The van der Waals surface area contributed by atoms with Gasteiger partial charge in [-0.15, -0.1) is 0 Å². The molecule has 0 bridgehead atoms. The molecule has 2 aromatic carbocycles. The number of hydrogen-bond donors (Lipinski definition) is 1. The molecule has 0 radical (unpaired) electrons. The third-order valence-corrected chi connectivity index (χ3v) is 6.72. The zero-order valence-electron chi connectivity index (χ0n) is 11.3. The van der Waals surface area contributed by atoms with E-state index >= 15 is 0 Å². The minimum absolute atomic E-state index is 0.243. The van der Waals surface area contributed by atoms with Crippen LogP contribution in [0.2, 0.25) is 0 Å². The third-order valence-electron chi connectivity index (χ3n) is 3.99. The van der Waals surface area contributed by atoms with Gasteiger partial charge in [-0.1, -0.05) is 60.7 Å². The van der Waals surface area contributed by atoms with Gasteiger partial charge in [0.15, 0.2) is 0 Å². The van der Waals surface area contributed by atoms with Crippen LogP contribution in [0, 0.1) is 5.92 Å². The second-order valence-corrected chi connectivity index (χ2v) is 8.04. The molecule has 1 heteroatoms. The predicted octanol–water partition coefficient (Wildman–Crippen LogP) is 4.45. The summed E-state index contributed by atoms with van der Waals surface area (Å²) in [6, 6.07) is 22.0. The summed E-state index contributed by atoms with van der Waals surface area (Å²) < 4.78 is 0. The molecule has 2 atom stereocenters. The lowest BCUT2D eigenvalue weighted by Crippen LogP contribution is -2.03. The van der Waals surface area contributed by atoms with Gasteiger partial charge in [-0.2, -0.15) is 0 Å². The largest absolute Gasteiger partial charge is 0.249 e. The Morgan fingerprint density at radius 3 is 2.16 bits per heavy atom. The van der Waals surface area contributed by atoms with Crippen molar-refractivity contribution in [3.63, 3.8) is 0 Å². The third kappa shape index (κ3) is 3.63. The number of rotatable bonds is 4. The van der Waals surface area contributed by atoms with Crippen molar-refractivity contribution in [1.82, 2.24) is 0 Å². The van der Waals surface area contributed by atoms with E-state index in [4.69, 9.17) is 0 Å². The van der Waals surface area contributed by atoms with Gasteiger partial charge in [0.05, 0.1) is 0 Å². The van der Waals surface area contributed by atoms with Crippen molar-refractivity contribution in [2.75, 3.05) is 11.5 Å². The minimum atomic E-state index is 0.243. The Morgan fingerprint density at radius 2 is 1.47 bits per heavy atom. The molecule has 1 aliphatic heterocycles. The topological polar surface area (TPSA) is 0 Å². The monoisotopic (exact) mass is 270 g/mol. The summed E-state index contributed by atoms with van der Waals surface area (Å²) in [4.78, 5) is 0. The molecule has 0 nitrogen and oxygen atoms in total. The van der Waals surface area contributed by atoms with E-state index < -0.39 is 0 Å². The second kappa shape index (κ2) is 6.29. The molecule has 0 aromatic heterocycles. The Hall–Kier alpha value is -1.21. The Labute approximate surface area is 119 Å². The molecule has 1 aliphatic rings. The number of hydrogen-bond acceptors (Lipinski definition) is 0. The quantitative estimate of drug-likeness (QED) is 0.780. The summed E-state index contributed by atoms with van der Waals surface area (Å²) in [5, 5.41) is 0. The molecule has 19 heavy (non-hydrogen) atoms. The molecule has 0 amide bonds. The number of thiol groups is 1. The van der Waals surface area contributed by atoms with E-state index in [0.29, 0.717) is 0 Å². The average Bonchev–Trinajstić information content (AvgIpc) is 2.88. The Kier molecular flexibility index (Phi) is 4.24. The van der Waals surface area contributed by atoms with Crippen LogP contribution >= 0.6 is 10.9 Å². The van der Waals surface area contributed by atoms with Crippen molar-refractivity contribution >= 4 is 10.9 Å². The second-order valence-electron chi connectivity index (χ2n) is 5.57. The van der Waals surface area contributed by atoms with E-state index in [0.717, 1.165) is 5.92 Å². The van der Waals surface area contributed by atoms with Crippen LogP contribution in [0.25, 0.3) is 0 Å². The standard InChI is InChI=1S/C18H22S/c1-3-7-16(8-4-1)13-18-11-12-19(15-18)14-17-9-5-2-6-10-17/h1-10,18-19H,11-15H2/t18-/m0/s1. The van der Waals surface area contributed by atoms with Crippen molar-refractivity contribution in [2.24, 2.45) is 5.92 Å². The Morgan fingerprint density at radius 1 is 0.842 bits per heavy atom. The van der Waals surface area contributed by atoms with Crippen molar-refractivity contribution in [1.29, 1.82) is 0 Å². The van der Waals surface area contributed by atoms with Crippen LogP contribution in [-0.2, 0) is 12.2 Å². The molecular formula is C18H22S. The van der Waals surface area contributed by atoms with Gasteiger partial charge in [-0.05, 0) is 41.4 Å². The molecule has 0 N–H and O–H groups in total. The summed E-state index contributed by atoms with van der Waals surface area (Å²) >= 11 is 0. The van der Waals surface area contributed by atoms with E-state index in [1.54, 1.807) is 0 Å². The lowest BCUT2D eigenvalue weighted by molar-refractivity contribution is 0.596. The smallest absolute Gasteiger partial charge is 0.0000602 e. The van der Waals surface area contributed by atoms with Gasteiger partial charge in [0.25, 0.3) is 0 Å². The molecule has 3 rings (SSSR count). The molecule has 1 saturated heterocycles. The lowest BCUT2D eigenvalue weighted by atomic mass is 9.99. The first kappa shape index (κ1) is 12.8. The predicted molar refractivity (Wildman–Crippen MR) is 87.1 cm³/mol. The van der Waals surface area contributed by atoms with E-state index in [2.05, 4.69) is 60.7 Å². The molecule has 1 heterocycles. The van der Waals surface area contributed by atoms with Crippen LogP contribution in [0.3, 0.4) is 0 Å². The summed E-state index contributed by atoms with van der Waals surface area (Å²) in [7, 11) is 0.243. The highest BCUT2D eigenvalue weighted by atomic mass is 32.2. The molecule has 1 fully saturated rings. The van der Waals surface area contributed by atoms with E-state index in [1.807, 2.05) is 0 Å². The van der Waals surface area contributed by atoms with Crippen molar-refractivity contribution in [2.45, 2.75) is 18.6 Å². The van der Waals surface area contributed by atoms with Gasteiger partial charge in [-0.3, -0.25) is 0 Å². The maximum atomic E-state index is 2.28. The number of benzene rings is 2. The highest BCUT2D eigenvalue weighted by Crippen LogP contribution is 2.42. The highest BCUT2D eigenvalue weighted by Gasteiger charge is 2.22. The van der Waals surface area contributed by atoms with Gasteiger partial charge in [0.1, 0.15) is 0 Å². The first-order valence-electron chi connectivity index (χ1n) is 7.20. The molecule has 1 unspecified atom stereocenters. The van der Waals surface area contributed by atoms with Crippen LogP contribution in [0.15, 0.2) is 60.7 Å². The first-order chi connectivity index (χ1) is 9.40.